The molecule has 0 aromatic carbocycles. The van der Waals surface area contributed by atoms with E-state index in [9.17, 15) is 4.79 Å². The molecule has 1 aliphatic rings. The average molecular weight is 278 g/mol. The number of anilines is 1. The van der Waals surface area contributed by atoms with Crippen LogP contribution in [0, 0.1) is 0 Å². The van der Waals surface area contributed by atoms with Crippen LogP contribution in [0.4, 0.5) is 5.95 Å². The Morgan fingerprint density at radius 1 is 1.45 bits per heavy atom. The monoisotopic (exact) mass is 278 g/mol. The Bertz CT molecular complexity index is 436. The van der Waals surface area contributed by atoms with Crippen molar-refractivity contribution in [1.29, 1.82) is 0 Å². The zero-order valence-electron chi connectivity index (χ0n) is 12.1. The lowest BCUT2D eigenvalue weighted by Gasteiger charge is -2.35. The van der Waals surface area contributed by atoms with Crippen molar-refractivity contribution in [2.45, 2.75) is 44.8 Å². The van der Waals surface area contributed by atoms with Crippen LogP contribution in [0.1, 0.15) is 33.1 Å². The zero-order chi connectivity index (χ0) is 14.4. The number of hydrogen-bond donors (Lipinski definition) is 2. The number of rotatable bonds is 5. The van der Waals surface area contributed by atoms with Crippen LogP contribution in [0.5, 0.6) is 0 Å². The number of ether oxygens (including phenoxy) is 1. The lowest BCUT2D eigenvalue weighted by atomic mass is 9.94. The van der Waals surface area contributed by atoms with Crippen molar-refractivity contribution in [3.63, 3.8) is 0 Å². The summed E-state index contributed by atoms with van der Waals surface area (Å²) in [5.41, 5.74) is -0.147. The number of carbonyl (C=O) groups is 1. The summed E-state index contributed by atoms with van der Waals surface area (Å²) in [5.74, 6) is 0.601. The highest BCUT2D eigenvalue weighted by molar-refractivity contribution is 5.76. The average Bonchev–Trinajstić information content (AvgIpc) is 2.38. The number of amides is 1. The molecule has 0 aliphatic carbocycles. The van der Waals surface area contributed by atoms with E-state index in [-0.39, 0.29) is 17.6 Å². The maximum atomic E-state index is 11.9. The fraction of sp³-hybridized carbons (Fsp3) is 0.643. The Balaban J connectivity index is 1.68. The molecule has 1 aromatic heterocycles. The van der Waals surface area contributed by atoms with Gasteiger partial charge in [0.1, 0.15) is 0 Å². The van der Waals surface area contributed by atoms with Gasteiger partial charge < -0.3 is 15.4 Å². The third-order valence-corrected chi connectivity index (χ3v) is 3.26. The summed E-state index contributed by atoms with van der Waals surface area (Å²) in [7, 11) is 0. The van der Waals surface area contributed by atoms with Crippen molar-refractivity contribution in [1.82, 2.24) is 15.3 Å². The molecule has 110 valence electrons. The molecule has 2 rings (SSSR count). The van der Waals surface area contributed by atoms with Crippen LogP contribution in [-0.2, 0) is 9.53 Å². The van der Waals surface area contributed by atoms with Crippen LogP contribution < -0.4 is 10.6 Å². The molecule has 6 heteroatoms. The Morgan fingerprint density at radius 2 is 2.20 bits per heavy atom. The second kappa shape index (κ2) is 6.65. The first-order chi connectivity index (χ1) is 9.55. The van der Waals surface area contributed by atoms with Gasteiger partial charge in [0.15, 0.2) is 0 Å². The number of nitrogens with zero attached hydrogens (tertiary/aromatic N) is 2. The predicted molar refractivity (Wildman–Crippen MR) is 76.3 cm³/mol. The maximum Gasteiger partial charge on any atom is 0.222 e. The highest BCUT2D eigenvalue weighted by atomic mass is 16.5. The topological polar surface area (TPSA) is 76.1 Å². The minimum absolute atomic E-state index is 0.0520. The van der Waals surface area contributed by atoms with Gasteiger partial charge in [0, 0.05) is 38.0 Å². The van der Waals surface area contributed by atoms with Gasteiger partial charge in [-0.3, -0.25) is 4.79 Å². The molecule has 1 atom stereocenters. The summed E-state index contributed by atoms with van der Waals surface area (Å²) in [5, 5.41) is 6.08. The first-order valence-corrected chi connectivity index (χ1v) is 6.99. The van der Waals surface area contributed by atoms with E-state index in [0.29, 0.717) is 25.5 Å². The highest BCUT2D eigenvalue weighted by Gasteiger charge is 2.29. The lowest BCUT2D eigenvalue weighted by Crippen LogP contribution is -2.46. The molecule has 2 N–H and O–H groups in total. The molecule has 6 nitrogen and oxygen atoms in total. The molecule has 1 saturated heterocycles. The normalized spacial score (nSPS) is 21.2. The van der Waals surface area contributed by atoms with Crippen molar-refractivity contribution in [3.8, 4) is 0 Å². The molecule has 0 bridgehead atoms. The molecule has 2 heterocycles. The molecule has 0 saturated carbocycles. The first-order valence-electron chi connectivity index (χ1n) is 6.99. The van der Waals surface area contributed by atoms with Crippen molar-refractivity contribution >= 4 is 11.9 Å². The molecule has 0 spiro atoms. The van der Waals surface area contributed by atoms with Crippen LogP contribution >= 0.6 is 0 Å². The van der Waals surface area contributed by atoms with Crippen LogP contribution in [0.3, 0.4) is 0 Å². The molecule has 1 aromatic rings. The maximum absolute atomic E-state index is 11.9. The summed E-state index contributed by atoms with van der Waals surface area (Å²) in [4.78, 5) is 20.0. The molecule has 1 amide bonds. The van der Waals surface area contributed by atoms with Crippen molar-refractivity contribution < 1.29 is 9.53 Å². The van der Waals surface area contributed by atoms with E-state index >= 15 is 0 Å². The van der Waals surface area contributed by atoms with Crippen LogP contribution in [0.2, 0.25) is 0 Å². The minimum atomic E-state index is -0.147. The second-order valence-corrected chi connectivity index (χ2v) is 5.61. The van der Waals surface area contributed by atoms with Crippen molar-refractivity contribution in [3.05, 3.63) is 18.5 Å². The number of carbonyl (C=O) groups excluding carboxylic acids is 1. The van der Waals surface area contributed by atoms with Crippen molar-refractivity contribution in [2.24, 2.45) is 0 Å². The number of aromatic nitrogens is 2. The van der Waals surface area contributed by atoms with E-state index in [1.807, 2.05) is 0 Å². The Hall–Kier alpha value is -1.69. The molecular formula is C14H22N4O2. The second-order valence-electron chi connectivity index (χ2n) is 5.61. The van der Waals surface area contributed by atoms with Crippen LogP contribution in [0.15, 0.2) is 18.5 Å². The lowest BCUT2D eigenvalue weighted by molar-refractivity contribution is -0.123. The van der Waals surface area contributed by atoms with Gasteiger partial charge in [0.05, 0.1) is 5.60 Å². The first kappa shape index (κ1) is 14.7. The highest BCUT2D eigenvalue weighted by Crippen LogP contribution is 2.23. The third-order valence-electron chi connectivity index (χ3n) is 3.26. The van der Waals surface area contributed by atoms with Gasteiger partial charge in [-0.1, -0.05) is 0 Å². The largest absolute Gasteiger partial charge is 0.375 e. The van der Waals surface area contributed by atoms with E-state index < -0.39 is 0 Å². The smallest absolute Gasteiger partial charge is 0.222 e. The molecule has 1 aliphatic heterocycles. The summed E-state index contributed by atoms with van der Waals surface area (Å²) in [6.07, 6.45) is 5.48. The summed E-state index contributed by atoms with van der Waals surface area (Å²) < 4.78 is 5.64. The van der Waals surface area contributed by atoms with Gasteiger partial charge in [0.2, 0.25) is 11.9 Å². The third kappa shape index (κ3) is 4.77. The standard InChI is InChI=1S/C14H22N4O2/c1-14(2)10-11(5-9-20-14)18-12(19)4-8-17-13-15-6-3-7-16-13/h3,6-7,11H,4-5,8-10H2,1-2H3,(H,18,19)(H,15,16,17). The molecule has 0 radical (unpaired) electrons. The van der Waals surface area contributed by atoms with Gasteiger partial charge in [-0.25, -0.2) is 9.97 Å². The van der Waals surface area contributed by atoms with Crippen LogP contribution in [-0.4, -0.2) is 40.7 Å². The summed E-state index contributed by atoms with van der Waals surface area (Å²) >= 11 is 0. The van der Waals surface area contributed by atoms with E-state index in [1.54, 1.807) is 18.5 Å². The summed E-state index contributed by atoms with van der Waals surface area (Å²) in [6, 6.07) is 1.96. The zero-order valence-corrected chi connectivity index (χ0v) is 12.1. The Labute approximate surface area is 119 Å². The Kier molecular flexibility index (Phi) is 4.89. The Morgan fingerprint density at radius 3 is 2.90 bits per heavy atom. The number of nitrogens with one attached hydrogen (secondary N) is 2. The van der Waals surface area contributed by atoms with Gasteiger partial charge in [-0.05, 0) is 32.8 Å². The van der Waals surface area contributed by atoms with Gasteiger partial charge in [0.25, 0.3) is 0 Å². The van der Waals surface area contributed by atoms with Gasteiger partial charge >= 0.3 is 0 Å². The van der Waals surface area contributed by atoms with E-state index in [0.717, 1.165) is 12.8 Å². The number of hydrogen-bond acceptors (Lipinski definition) is 5. The van der Waals surface area contributed by atoms with Crippen LogP contribution in [0.25, 0.3) is 0 Å². The van der Waals surface area contributed by atoms with Gasteiger partial charge in [-0.2, -0.15) is 0 Å². The van der Waals surface area contributed by atoms with Crippen molar-refractivity contribution in [2.75, 3.05) is 18.5 Å². The molecule has 20 heavy (non-hydrogen) atoms. The van der Waals surface area contributed by atoms with Gasteiger partial charge in [-0.15, -0.1) is 0 Å². The van der Waals surface area contributed by atoms with E-state index in [2.05, 4.69) is 34.4 Å². The SMILES string of the molecule is CC1(C)CC(NC(=O)CCNc2ncccn2)CCO1. The fourth-order valence-corrected chi connectivity index (χ4v) is 2.33. The molecular weight excluding hydrogens is 256 g/mol. The molecule has 1 fully saturated rings. The molecule has 1 unspecified atom stereocenters. The quantitative estimate of drug-likeness (QED) is 0.850. The minimum Gasteiger partial charge on any atom is -0.375 e. The predicted octanol–water partition coefficient (Wildman–Crippen LogP) is 1.35. The van der Waals surface area contributed by atoms with E-state index in [4.69, 9.17) is 4.74 Å². The summed E-state index contributed by atoms with van der Waals surface area (Å²) in [6.45, 7) is 5.34. The fourth-order valence-electron chi connectivity index (χ4n) is 2.33. The van der Waals surface area contributed by atoms with E-state index in [1.165, 1.54) is 0 Å².